The van der Waals surface area contributed by atoms with Gasteiger partial charge in [-0.25, -0.2) is 12.8 Å². The number of carbonyl (C=O) groups excluding carboxylic acids is 1. The SMILES string of the molecule is CC(=O)C1CCc2c(S(=O)(=O)Nc3ccc(C#N)cc3F)c[nH]c2[C@@H]1C. The van der Waals surface area contributed by atoms with Crippen LogP contribution >= 0.6 is 0 Å². The molecule has 2 N–H and O–H groups in total. The molecule has 0 saturated carbocycles. The highest BCUT2D eigenvalue weighted by Gasteiger charge is 2.34. The number of ketones is 1. The van der Waals surface area contributed by atoms with Crippen LogP contribution in [0.4, 0.5) is 10.1 Å². The van der Waals surface area contributed by atoms with Crippen molar-refractivity contribution < 1.29 is 17.6 Å². The normalized spacial score (nSPS) is 19.5. The molecule has 0 bridgehead atoms. The van der Waals surface area contributed by atoms with E-state index in [2.05, 4.69) is 9.71 Å². The molecule has 0 amide bonds. The first-order chi connectivity index (χ1) is 12.2. The van der Waals surface area contributed by atoms with E-state index >= 15 is 0 Å². The lowest BCUT2D eigenvalue weighted by atomic mass is 9.78. The predicted octanol–water partition coefficient (Wildman–Crippen LogP) is 3.08. The zero-order valence-electron chi connectivity index (χ0n) is 14.3. The minimum Gasteiger partial charge on any atom is -0.363 e. The molecule has 1 aromatic carbocycles. The van der Waals surface area contributed by atoms with Gasteiger partial charge >= 0.3 is 0 Å². The molecule has 1 aliphatic carbocycles. The molecule has 0 saturated heterocycles. The second-order valence-electron chi connectivity index (χ2n) is 6.50. The number of hydrogen-bond acceptors (Lipinski definition) is 4. The number of aromatic nitrogens is 1. The first-order valence-electron chi connectivity index (χ1n) is 8.17. The molecule has 2 atom stereocenters. The Morgan fingerprint density at radius 2 is 2.15 bits per heavy atom. The third-order valence-corrected chi connectivity index (χ3v) is 6.33. The molecule has 136 valence electrons. The van der Waals surface area contributed by atoms with Crippen LogP contribution < -0.4 is 4.72 Å². The maximum absolute atomic E-state index is 14.0. The second kappa shape index (κ2) is 6.57. The van der Waals surface area contributed by atoms with Gasteiger partial charge in [-0.3, -0.25) is 9.52 Å². The largest absolute Gasteiger partial charge is 0.363 e. The van der Waals surface area contributed by atoms with Crippen molar-refractivity contribution in [1.29, 1.82) is 5.26 Å². The van der Waals surface area contributed by atoms with Crippen LogP contribution in [0.2, 0.25) is 0 Å². The average Bonchev–Trinajstić information content (AvgIpc) is 3.02. The average molecular weight is 375 g/mol. The Balaban J connectivity index is 1.94. The number of nitrogens with one attached hydrogen (secondary N) is 2. The summed E-state index contributed by atoms with van der Waals surface area (Å²) in [6, 6.07) is 5.33. The van der Waals surface area contributed by atoms with E-state index in [9.17, 15) is 17.6 Å². The van der Waals surface area contributed by atoms with Crippen molar-refractivity contribution in [2.45, 2.75) is 37.5 Å². The summed E-state index contributed by atoms with van der Waals surface area (Å²) >= 11 is 0. The van der Waals surface area contributed by atoms with Gasteiger partial charge in [-0.2, -0.15) is 5.26 Å². The highest BCUT2D eigenvalue weighted by Crippen LogP contribution is 2.39. The van der Waals surface area contributed by atoms with Gasteiger partial charge in [0.15, 0.2) is 0 Å². The van der Waals surface area contributed by atoms with Gasteiger partial charge in [0.1, 0.15) is 16.5 Å². The van der Waals surface area contributed by atoms with Crippen molar-refractivity contribution in [2.24, 2.45) is 5.92 Å². The summed E-state index contributed by atoms with van der Waals surface area (Å²) in [6.07, 6.45) is 2.42. The monoisotopic (exact) mass is 375 g/mol. The number of carbonyl (C=O) groups is 1. The quantitative estimate of drug-likeness (QED) is 0.857. The molecular formula is C18H18FN3O3S. The van der Waals surface area contributed by atoms with Crippen LogP contribution in [0.1, 0.15) is 43.0 Å². The molecule has 0 spiro atoms. The molecule has 1 aromatic heterocycles. The van der Waals surface area contributed by atoms with Gasteiger partial charge < -0.3 is 4.98 Å². The van der Waals surface area contributed by atoms with E-state index in [0.29, 0.717) is 18.4 Å². The fourth-order valence-electron chi connectivity index (χ4n) is 3.53. The first-order valence-corrected chi connectivity index (χ1v) is 9.66. The number of benzene rings is 1. The number of nitriles is 1. The van der Waals surface area contributed by atoms with Crippen LogP contribution in [0.15, 0.2) is 29.3 Å². The van der Waals surface area contributed by atoms with Gasteiger partial charge in [-0.1, -0.05) is 6.92 Å². The van der Waals surface area contributed by atoms with E-state index in [-0.39, 0.29) is 33.8 Å². The topological polar surface area (TPSA) is 103 Å². The third kappa shape index (κ3) is 3.10. The van der Waals surface area contributed by atoms with Gasteiger partial charge in [0.05, 0.1) is 17.3 Å². The Morgan fingerprint density at radius 1 is 1.42 bits per heavy atom. The minimum absolute atomic E-state index is 0.0603. The Bertz CT molecular complexity index is 1020. The van der Waals surface area contributed by atoms with Gasteiger partial charge in [-0.05, 0) is 43.5 Å². The molecule has 26 heavy (non-hydrogen) atoms. The van der Waals surface area contributed by atoms with Gasteiger partial charge in [0.2, 0.25) is 0 Å². The highest BCUT2D eigenvalue weighted by molar-refractivity contribution is 7.92. The molecule has 1 aliphatic rings. The Hall–Kier alpha value is -2.66. The number of nitrogens with zero attached hydrogens (tertiary/aromatic N) is 1. The lowest BCUT2D eigenvalue weighted by Gasteiger charge is -2.27. The zero-order chi connectivity index (χ0) is 19.1. The first kappa shape index (κ1) is 18.1. The lowest BCUT2D eigenvalue weighted by molar-refractivity contribution is -0.121. The highest BCUT2D eigenvalue weighted by atomic mass is 32.2. The lowest BCUT2D eigenvalue weighted by Crippen LogP contribution is -2.25. The van der Waals surface area contributed by atoms with Crippen molar-refractivity contribution in [3.05, 3.63) is 47.0 Å². The van der Waals surface area contributed by atoms with E-state index in [0.717, 1.165) is 11.8 Å². The van der Waals surface area contributed by atoms with E-state index in [4.69, 9.17) is 5.26 Å². The maximum Gasteiger partial charge on any atom is 0.263 e. The molecular weight excluding hydrogens is 357 g/mol. The number of rotatable bonds is 4. The van der Waals surface area contributed by atoms with Gasteiger partial charge in [-0.15, -0.1) is 0 Å². The van der Waals surface area contributed by atoms with E-state index in [1.54, 1.807) is 13.0 Å². The summed E-state index contributed by atoms with van der Waals surface area (Å²) in [5.41, 5.74) is 1.26. The van der Waals surface area contributed by atoms with Crippen molar-refractivity contribution in [3.63, 3.8) is 0 Å². The molecule has 2 aromatic rings. The third-order valence-electron chi connectivity index (χ3n) is 4.90. The van der Waals surface area contributed by atoms with Crippen molar-refractivity contribution in [1.82, 2.24) is 4.98 Å². The summed E-state index contributed by atoms with van der Waals surface area (Å²) in [5.74, 6) is -0.977. The molecule has 1 unspecified atom stereocenters. The number of anilines is 1. The number of aromatic amines is 1. The number of Topliss-reactive ketones (excluding diaryl/α,β-unsaturated/α-hetero) is 1. The smallest absolute Gasteiger partial charge is 0.263 e. The molecule has 0 aliphatic heterocycles. The Labute approximate surface area is 151 Å². The summed E-state index contributed by atoms with van der Waals surface area (Å²) < 4.78 is 41.7. The summed E-state index contributed by atoms with van der Waals surface area (Å²) in [5, 5.41) is 8.77. The standard InChI is InChI=1S/C18H18FN3O3S/c1-10-13(11(2)23)4-5-14-17(9-21-18(10)14)26(24,25)22-16-6-3-12(8-20)7-15(16)19/h3,6-7,9-10,13,21-22H,4-5H2,1-2H3/t10-,13?/m1/s1. The van der Waals surface area contributed by atoms with E-state index in [1.807, 2.05) is 6.92 Å². The van der Waals surface area contributed by atoms with E-state index < -0.39 is 15.8 Å². The number of H-pyrrole nitrogens is 1. The van der Waals surface area contributed by atoms with Crippen LogP contribution in [0, 0.1) is 23.1 Å². The fraction of sp³-hybridized carbons (Fsp3) is 0.333. The number of halogens is 1. The van der Waals surface area contributed by atoms with Gasteiger partial charge in [0.25, 0.3) is 10.0 Å². The molecule has 6 nitrogen and oxygen atoms in total. The summed E-state index contributed by atoms with van der Waals surface area (Å²) in [7, 11) is -4.00. The minimum atomic E-state index is -4.00. The fourth-order valence-corrected chi connectivity index (χ4v) is 4.84. The van der Waals surface area contributed by atoms with Crippen molar-refractivity contribution in [2.75, 3.05) is 4.72 Å². The van der Waals surface area contributed by atoms with Crippen LogP contribution in [0.3, 0.4) is 0 Å². The maximum atomic E-state index is 14.0. The van der Waals surface area contributed by atoms with Crippen molar-refractivity contribution in [3.8, 4) is 6.07 Å². The molecule has 3 rings (SSSR count). The Morgan fingerprint density at radius 3 is 2.77 bits per heavy atom. The molecule has 1 heterocycles. The summed E-state index contributed by atoms with van der Waals surface area (Å²) in [4.78, 5) is 14.8. The molecule has 0 radical (unpaired) electrons. The zero-order valence-corrected chi connectivity index (χ0v) is 15.2. The molecule has 8 heteroatoms. The van der Waals surface area contributed by atoms with Crippen LogP contribution in [0.5, 0.6) is 0 Å². The predicted molar refractivity (Wildman–Crippen MR) is 93.6 cm³/mol. The van der Waals surface area contributed by atoms with Gasteiger partial charge in [0, 0.05) is 23.7 Å². The van der Waals surface area contributed by atoms with Crippen molar-refractivity contribution >= 4 is 21.5 Å². The molecule has 0 fully saturated rings. The summed E-state index contributed by atoms with van der Waals surface area (Å²) in [6.45, 7) is 3.44. The van der Waals surface area contributed by atoms with Crippen LogP contribution in [0.25, 0.3) is 0 Å². The van der Waals surface area contributed by atoms with E-state index in [1.165, 1.54) is 18.3 Å². The Kier molecular flexibility index (Phi) is 4.59. The number of fused-ring (bicyclic) bond motifs is 1. The number of hydrogen-bond donors (Lipinski definition) is 2. The van der Waals surface area contributed by atoms with Crippen LogP contribution in [-0.2, 0) is 21.2 Å². The second-order valence-corrected chi connectivity index (χ2v) is 8.15. The number of sulfonamides is 1. The van der Waals surface area contributed by atoms with Crippen LogP contribution in [-0.4, -0.2) is 19.2 Å².